The fourth-order valence-electron chi connectivity index (χ4n) is 4.05. The number of aromatic nitrogens is 1. The van der Waals surface area contributed by atoms with Crippen LogP contribution in [0.25, 0.3) is 22.2 Å². The molecule has 0 radical (unpaired) electrons. The van der Waals surface area contributed by atoms with Crippen molar-refractivity contribution in [2.45, 2.75) is 19.3 Å². The average molecular weight is 503 g/mol. The number of nitrogens with one attached hydrogen (secondary N) is 1. The van der Waals surface area contributed by atoms with Crippen LogP contribution in [-0.4, -0.2) is 28.5 Å². The number of nitrogens with zero attached hydrogens (tertiary/aromatic N) is 1. The molecule has 1 heterocycles. The van der Waals surface area contributed by atoms with E-state index < -0.39 is 5.97 Å². The SMILES string of the molecule is Cc1c(-c2ccccc2)nc2ccc(Br)cc2c1C(=O)NCC(CC(=O)O)c1ccccc1. The van der Waals surface area contributed by atoms with Gasteiger partial charge in [-0.05, 0) is 36.2 Å². The zero-order valence-corrected chi connectivity index (χ0v) is 19.7. The highest BCUT2D eigenvalue weighted by Crippen LogP contribution is 2.31. The molecule has 33 heavy (non-hydrogen) atoms. The van der Waals surface area contributed by atoms with Crippen molar-refractivity contribution in [3.8, 4) is 11.3 Å². The van der Waals surface area contributed by atoms with Crippen molar-refractivity contribution in [3.63, 3.8) is 0 Å². The molecule has 0 spiro atoms. The minimum Gasteiger partial charge on any atom is -0.481 e. The van der Waals surface area contributed by atoms with Crippen LogP contribution in [0.1, 0.15) is 33.8 Å². The molecular weight excluding hydrogens is 480 g/mol. The predicted molar refractivity (Wildman–Crippen MR) is 133 cm³/mol. The number of carboxylic acid groups (broad SMARTS) is 1. The topological polar surface area (TPSA) is 79.3 Å². The molecule has 0 aliphatic carbocycles. The number of amides is 1. The first kappa shape index (κ1) is 22.7. The van der Waals surface area contributed by atoms with Gasteiger partial charge >= 0.3 is 5.97 Å². The van der Waals surface area contributed by atoms with Gasteiger partial charge in [-0.2, -0.15) is 0 Å². The molecule has 0 bridgehead atoms. The number of benzene rings is 3. The third-order valence-corrected chi connectivity index (χ3v) is 6.16. The highest BCUT2D eigenvalue weighted by molar-refractivity contribution is 9.10. The Morgan fingerprint density at radius 2 is 1.67 bits per heavy atom. The Labute approximate surface area is 200 Å². The number of carbonyl (C=O) groups excluding carboxylic acids is 1. The Balaban J connectivity index is 1.73. The monoisotopic (exact) mass is 502 g/mol. The highest BCUT2D eigenvalue weighted by Gasteiger charge is 2.22. The molecule has 6 heteroatoms. The summed E-state index contributed by atoms with van der Waals surface area (Å²) >= 11 is 3.50. The zero-order chi connectivity index (χ0) is 23.4. The second-order valence-electron chi connectivity index (χ2n) is 7.90. The Kier molecular flexibility index (Phi) is 6.84. The summed E-state index contributed by atoms with van der Waals surface area (Å²) in [5.74, 6) is -1.48. The smallest absolute Gasteiger partial charge is 0.304 e. The van der Waals surface area contributed by atoms with Crippen LogP contribution in [0.2, 0.25) is 0 Å². The highest BCUT2D eigenvalue weighted by atomic mass is 79.9. The van der Waals surface area contributed by atoms with Crippen LogP contribution in [0.4, 0.5) is 0 Å². The van der Waals surface area contributed by atoms with Gasteiger partial charge in [0, 0.05) is 27.9 Å². The van der Waals surface area contributed by atoms with Crippen molar-refractivity contribution in [3.05, 3.63) is 100 Å². The molecule has 1 amide bonds. The van der Waals surface area contributed by atoms with E-state index >= 15 is 0 Å². The van der Waals surface area contributed by atoms with Crippen LogP contribution < -0.4 is 5.32 Å². The summed E-state index contributed by atoms with van der Waals surface area (Å²) in [6, 6.07) is 24.9. The molecule has 1 unspecified atom stereocenters. The van der Waals surface area contributed by atoms with E-state index in [0.717, 1.165) is 37.8 Å². The van der Waals surface area contributed by atoms with E-state index in [-0.39, 0.29) is 24.8 Å². The van der Waals surface area contributed by atoms with Crippen molar-refractivity contribution >= 4 is 38.7 Å². The van der Waals surface area contributed by atoms with Crippen LogP contribution in [0.3, 0.4) is 0 Å². The number of pyridine rings is 1. The van der Waals surface area contributed by atoms with Gasteiger partial charge in [0.2, 0.25) is 0 Å². The third kappa shape index (κ3) is 5.12. The van der Waals surface area contributed by atoms with E-state index in [1.165, 1.54) is 0 Å². The second-order valence-corrected chi connectivity index (χ2v) is 8.82. The van der Waals surface area contributed by atoms with Gasteiger partial charge in [0.05, 0.1) is 23.2 Å². The molecule has 5 nitrogen and oxygen atoms in total. The fraction of sp³-hybridized carbons (Fsp3) is 0.148. The first-order chi connectivity index (χ1) is 15.9. The van der Waals surface area contributed by atoms with Crippen LogP contribution >= 0.6 is 15.9 Å². The molecular formula is C27H23BrN2O3. The van der Waals surface area contributed by atoms with Gasteiger partial charge in [-0.3, -0.25) is 9.59 Å². The normalized spacial score (nSPS) is 11.8. The summed E-state index contributed by atoms with van der Waals surface area (Å²) in [7, 11) is 0. The number of aliphatic carboxylic acids is 1. The van der Waals surface area contributed by atoms with E-state index in [1.54, 1.807) is 0 Å². The van der Waals surface area contributed by atoms with E-state index in [4.69, 9.17) is 4.98 Å². The standard InChI is InChI=1S/C27H23BrN2O3/c1-17-25(27(33)29-16-20(14-24(31)32)18-8-4-2-5-9-18)22-15-21(28)12-13-23(22)30-26(17)19-10-6-3-7-11-19/h2-13,15,20H,14,16H2,1H3,(H,29,33)(H,31,32). The van der Waals surface area contributed by atoms with E-state index in [0.29, 0.717) is 5.56 Å². The summed E-state index contributed by atoms with van der Waals surface area (Å²) < 4.78 is 0.853. The number of carbonyl (C=O) groups is 2. The lowest BCUT2D eigenvalue weighted by molar-refractivity contribution is -0.137. The molecule has 0 saturated carbocycles. The Morgan fingerprint density at radius 3 is 2.33 bits per heavy atom. The number of fused-ring (bicyclic) bond motifs is 1. The predicted octanol–water partition coefficient (Wildman–Crippen LogP) is 5.96. The number of hydrogen-bond donors (Lipinski definition) is 2. The van der Waals surface area contributed by atoms with Gasteiger partial charge in [-0.25, -0.2) is 4.98 Å². The second kappa shape index (κ2) is 9.96. The zero-order valence-electron chi connectivity index (χ0n) is 18.1. The van der Waals surface area contributed by atoms with Gasteiger partial charge in [0.1, 0.15) is 0 Å². The minimum absolute atomic E-state index is 0.0683. The van der Waals surface area contributed by atoms with Crippen molar-refractivity contribution < 1.29 is 14.7 Å². The van der Waals surface area contributed by atoms with Crippen LogP contribution in [-0.2, 0) is 4.79 Å². The number of halogens is 1. The average Bonchev–Trinajstić information content (AvgIpc) is 2.82. The number of carboxylic acids is 1. The van der Waals surface area contributed by atoms with Gasteiger partial charge in [-0.1, -0.05) is 76.6 Å². The first-order valence-electron chi connectivity index (χ1n) is 10.6. The summed E-state index contributed by atoms with van der Waals surface area (Å²) in [5.41, 5.74) is 4.60. The first-order valence-corrected chi connectivity index (χ1v) is 11.4. The summed E-state index contributed by atoms with van der Waals surface area (Å²) in [5, 5.41) is 13.1. The lowest BCUT2D eigenvalue weighted by Gasteiger charge is -2.19. The van der Waals surface area contributed by atoms with E-state index in [9.17, 15) is 14.7 Å². The van der Waals surface area contributed by atoms with Crippen molar-refractivity contribution in [1.82, 2.24) is 10.3 Å². The molecule has 1 aromatic heterocycles. The molecule has 1 atom stereocenters. The van der Waals surface area contributed by atoms with Crippen LogP contribution in [0.5, 0.6) is 0 Å². The molecule has 0 aliphatic rings. The van der Waals surface area contributed by atoms with Crippen LogP contribution in [0, 0.1) is 6.92 Å². The molecule has 0 aliphatic heterocycles. The lowest BCUT2D eigenvalue weighted by atomic mass is 9.94. The van der Waals surface area contributed by atoms with Gasteiger partial charge in [-0.15, -0.1) is 0 Å². The summed E-state index contributed by atoms with van der Waals surface area (Å²) in [4.78, 5) is 29.8. The Hall–Kier alpha value is -3.51. The van der Waals surface area contributed by atoms with Gasteiger partial charge in [0.15, 0.2) is 0 Å². The molecule has 4 aromatic rings. The van der Waals surface area contributed by atoms with Gasteiger partial charge < -0.3 is 10.4 Å². The number of hydrogen-bond acceptors (Lipinski definition) is 3. The maximum atomic E-state index is 13.5. The minimum atomic E-state index is -0.904. The van der Waals surface area contributed by atoms with Crippen molar-refractivity contribution in [2.24, 2.45) is 0 Å². The Bertz CT molecular complexity index is 1310. The van der Waals surface area contributed by atoms with Crippen LogP contribution in [0.15, 0.2) is 83.3 Å². The molecule has 166 valence electrons. The summed E-state index contributed by atoms with van der Waals surface area (Å²) in [6.45, 7) is 2.11. The maximum Gasteiger partial charge on any atom is 0.304 e. The van der Waals surface area contributed by atoms with Crippen molar-refractivity contribution in [2.75, 3.05) is 6.54 Å². The molecule has 4 rings (SSSR count). The molecule has 2 N–H and O–H groups in total. The maximum absolute atomic E-state index is 13.5. The lowest BCUT2D eigenvalue weighted by Crippen LogP contribution is -2.30. The largest absolute Gasteiger partial charge is 0.481 e. The summed E-state index contributed by atoms with van der Waals surface area (Å²) in [6.07, 6.45) is -0.0683. The van der Waals surface area contributed by atoms with Gasteiger partial charge in [0.25, 0.3) is 5.91 Å². The quantitative estimate of drug-likeness (QED) is 0.326. The molecule has 3 aromatic carbocycles. The Morgan fingerprint density at radius 1 is 1.00 bits per heavy atom. The van der Waals surface area contributed by atoms with Crippen molar-refractivity contribution in [1.29, 1.82) is 0 Å². The van der Waals surface area contributed by atoms with E-state index in [2.05, 4.69) is 21.2 Å². The molecule has 0 fully saturated rings. The molecule has 0 saturated heterocycles. The fourth-order valence-corrected chi connectivity index (χ4v) is 4.41. The van der Waals surface area contributed by atoms with E-state index in [1.807, 2.05) is 85.8 Å². The third-order valence-electron chi connectivity index (χ3n) is 5.67. The number of rotatable bonds is 7.